The predicted octanol–water partition coefficient (Wildman–Crippen LogP) is 4.12. The fourth-order valence-corrected chi connectivity index (χ4v) is 3.42. The molecule has 4 aromatic rings. The van der Waals surface area contributed by atoms with Gasteiger partial charge in [0.1, 0.15) is 5.82 Å². The van der Waals surface area contributed by atoms with Gasteiger partial charge in [-0.1, -0.05) is 36.4 Å². The van der Waals surface area contributed by atoms with E-state index in [4.69, 9.17) is 0 Å². The molecule has 0 aliphatic rings. The molecular weight excluding hydrogens is 348 g/mol. The molecule has 2 heterocycles. The molecule has 28 heavy (non-hydrogen) atoms. The second-order valence-electron chi connectivity index (χ2n) is 7.13. The van der Waals surface area contributed by atoms with Gasteiger partial charge in [0.05, 0.1) is 11.1 Å². The summed E-state index contributed by atoms with van der Waals surface area (Å²) in [5, 5.41) is 3.14. The molecule has 0 saturated carbocycles. The Morgan fingerprint density at radius 3 is 2.46 bits per heavy atom. The minimum absolute atomic E-state index is 0.0499. The quantitative estimate of drug-likeness (QED) is 0.507. The zero-order chi connectivity index (χ0) is 19.7. The van der Waals surface area contributed by atoms with Crippen molar-refractivity contribution in [3.63, 3.8) is 0 Å². The number of pyridine rings is 2. The molecule has 5 heteroatoms. The van der Waals surface area contributed by atoms with Crippen molar-refractivity contribution < 1.29 is 4.79 Å². The standard InChI is InChI=1S/C23H22N4O/c1-26(2)21-11-10-16(14-25-21)15-27(3)23(28)20-13-17-7-4-5-8-18(17)19-9-6-12-24-22(19)20/h4-14H,15H2,1-3H3. The van der Waals surface area contributed by atoms with Gasteiger partial charge in [0.2, 0.25) is 0 Å². The van der Waals surface area contributed by atoms with E-state index in [2.05, 4.69) is 16.0 Å². The molecule has 0 saturated heterocycles. The Morgan fingerprint density at radius 1 is 0.929 bits per heavy atom. The SMILES string of the molecule is CN(Cc1ccc(N(C)C)nc1)C(=O)c1cc2ccccc2c2cccnc12. The Bertz CT molecular complexity index is 1150. The summed E-state index contributed by atoms with van der Waals surface area (Å²) in [5.41, 5.74) is 2.34. The summed E-state index contributed by atoms with van der Waals surface area (Å²) in [4.78, 5) is 25.8. The molecule has 0 spiro atoms. The molecule has 1 amide bonds. The average molecular weight is 370 g/mol. The average Bonchev–Trinajstić information content (AvgIpc) is 2.73. The van der Waals surface area contributed by atoms with Gasteiger partial charge in [-0.25, -0.2) is 4.98 Å². The van der Waals surface area contributed by atoms with Crippen molar-refractivity contribution in [2.75, 3.05) is 26.0 Å². The van der Waals surface area contributed by atoms with E-state index < -0.39 is 0 Å². The summed E-state index contributed by atoms with van der Waals surface area (Å²) < 4.78 is 0. The first-order valence-corrected chi connectivity index (χ1v) is 9.19. The molecule has 0 unspecified atom stereocenters. The first-order chi connectivity index (χ1) is 13.5. The predicted molar refractivity (Wildman–Crippen MR) is 114 cm³/mol. The van der Waals surface area contributed by atoms with Crippen LogP contribution in [-0.2, 0) is 6.54 Å². The van der Waals surface area contributed by atoms with Crippen LogP contribution in [-0.4, -0.2) is 41.9 Å². The molecule has 2 aromatic carbocycles. The van der Waals surface area contributed by atoms with Gasteiger partial charge in [-0.2, -0.15) is 0 Å². The summed E-state index contributed by atoms with van der Waals surface area (Å²) in [7, 11) is 5.72. The van der Waals surface area contributed by atoms with Crippen molar-refractivity contribution in [2.24, 2.45) is 0 Å². The molecule has 5 nitrogen and oxygen atoms in total. The first kappa shape index (κ1) is 17.9. The monoisotopic (exact) mass is 370 g/mol. The van der Waals surface area contributed by atoms with Crippen LogP contribution in [0.2, 0.25) is 0 Å². The van der Waals surface area contributed by atoms with Crippen molar-refractivity contribution in [3.8, 4) is 0 Å². The lowest BCUT2D eigenvalue weighted by Gasteiger charge is -2.19. The smallest absolute Gasteiger partial charge is 0.256 e. The van der Waals surface area contributed by atoms with Crippen molar-refractivity contribution in [2.45, 2.75) is 6.54 Å². The van der Waals surface area contributed by atoms with E-state index in [0.717, 1.165) is 33.1 Å². The number of carbonyl (C=O) groups excluding carboxylic acids is 1. The highest BCUT2D eigenvalue weighted by molar-refractivity contribution is 6.15. The van der Waals surface area contributed by atoms with Crippen LogP contribution in [0.1, 0.15) is 15.9 Å². The molecule has 2 aromatic heterocycles. The van der Waals surface area contributed by atoms with E-state index in [0.29, 0.717) is 12.1 Å². The molecule has 0 aliphatic heterocycles. The minimum Gasteiger partial charge on any atom is -0.363 e. The first-order valence-electron chi connectivity index (χ1n) is 9.19. The molecule has 0 N–H and O–H groups in total. The number of aromatic nitrogens is 2. The number of anilines is 1. The zero-order valence-electron chi connectivity index (χ0n) is 16.3. The van der Waals surface area contributed by atoms with E-state index in [9.17, 15) is 4.79 Å². The van der Waals surface area contributed by atoms with Crippen LogP contribution in [0.4, 0.5) is 5.82 Å². The van der Waals surface area contributed by atoms with Gasteiger partial charge in [-0.3, -0.25) is 9.78 Å². The van der Waals surface area contributed by atoms with E-state index in [-0.39, 0.29) is 5.91 Å². The maximum atomic E-state index is 13.2. The van der Waals surface area contributed by atoms with Crippen LogP contribution in [0.25, 0.3) is 21.7 Å². The topological polar surface area (TPSA) is 49.3 Å². The number of fused-ring (bicyclic) bond motifs is 3. The van der Waals surface area contributed by atoms with Gasteiger partial charge in [-0.15, -0.1) is 0 Å². The van der Waals surface area contributed by atoms with Crippen molar-refractivity contribution in [3.05, 3.63) is 78.1 Å². The number of hydrogen-bond acceptors (Lipinski definition) is 4. The maximum absolute atomic E-state index is 13.2. The summed E-state index contributed by atoms with van der Waals surface area (Å²) in [6.07, 6.45) is 3.55. The molecular formula is C23H22N4O. The number of carbonyl (C=O) groups is 1. The fourth-order valence-electron chi connectivity index (χ4n) is 3.42. The van der Waals surface area contributed by atoms with Gasteiger partial charge in [0, 0.05) is 45.5 Å². The maximum Gasteiger partial charge on any atom is 0.256 e. The normalized spacial score (nSPS) is 11.0. The molecule has 0 radical (unpaired) electrons. The third-order valence-electron chi connectivity index (χ3n) is 4.88. The fraction of sp³-hybridized carbons (Fsp3) is 0.174. The number of nitrogens with zero attached hydrogens (tertiary/aromatic N) is 4. The van der Waals surface area contributed by atoms with E-state index in [1.165, 1.54) is 0 Å². The molecule has 0 fully saturated rings. The second kappa shape index (κ2) is 7.27. The molecule has 0 aliphatic carbocycles. The molecule has 4 rings (SSSR count). The van der Waals surface area contributed by atoms with Gasteiger partial charge >= 0.3 is 0 Å². The largest absolute Gasteiger partial charge is 0.363 e. The third-order valence-corrected chi connectivity index (χ3v) is 4.88. The van der Waals surface area contributed by atoms with Crippen molar-refractivity contribution >= 4 is 33.4 Å². The summed E-state index contributed by atoms with van der Waals surface area (Å²) in [6.45, 7) is 0.487. The molecule has 0 atom stereocenters. The van der Waals surface area contributed by atoms with Gasteiger partial charge < -0.3 is 9.80 Å². The number of benzene rings is 2. The lowest BCUT2D eigenvalue weighted by molar-refractivity contribution is 0.0787. The Balaban J connectivity index is 1.69. The van der Waals surface area contributed by atoms with E-state index in [1.807, 2.05) is 80.8 Å². The third kappa shape index (κ3) is 3.27. The van der Waals surface area contributed by atoms with Crippen LogP contribution in [0.5, 0.6) is 0 Å². The highest BCUT2D eigenvalue weighted by atomic mass is 16.2. The van der Waals surface area contributed by atoms with Crippen LogP contribution >= 0.6 is 0 Å². The van der Waals surface area contributed by atoms with Crippen LogP contribution < -0.4 is 4.90 Å². The van der Waals surface area contributed by atoms with Crippen molar-refractivity contribution in [1.29, 1.82) is 0 Å². The van der Waals surface area contributed by atoms with Gasteiger partial charge in [0.15, 0.2) is 0 Å². The minimum atomic E-state index is -0.0499. The van der Waals surface area contributed by atoms with Gasteiger partial charge in [-0.05, 0) is 34.5 Å². The Kier molecular flexibility index (Phi) is 4.65. The Labute approximate surface area is 164 Å². The summed E-state index contributed by atoms with van der Waals surface area (Å²) in [6, 6.07) is 17.9. The number of hydrogen-bond donors (Lipinski definition) is 0. The van der Waals surface area contributed by atoms with E-state index >= 15 is 0 Å². The Hall–Kier alpha value is -3.47. The van der Waals surface area contributed by atoms with Crippen LogP contribution in [0.15, 0.2) is 67.0 Å². The summed E-state index contributed by atoms with van der Waals surface area (Å²) in [5.74, 6) is 0.841. The summed E-state index contributed by atoms with van der Waals surface area (Å²) >= 11 is 0. The molecule has 0 bridgehead atoms. The van der Waals surface area contributed by atoms with Crippen LogP contribution in [0, 0.1) is 0 Å². The highest BCUT2D eigenvalue weighted by Crippen LogP contribution is 2.28. The number of rotatable bonds is 4. The Morgan fingerprint density at radius 2 is 1.71 bits per heavy atom. The lowest BCUT2D eigenvalue weighted by atomic mass is 10.00. The van der Waals surface area contributed by atoms with E-state index in [1.54, 1.807) is 11.1 Å². The zero-order valence-corrected chi connectivity index (χ0v) is 16.3. The lowest BCUT2D eigenvalue weighted by Crippen LogP contribution is -2.26. The van der Waals surface area contributed by atoms with Crippen LogP contribution in [0.3, 0.4) is 0 Å². The second-order valence-corrected chi connectivity index (χ2v) is 7.13. The highest BCUT2D eigenvalue weighted by Gasteiger charge is 2.18. The van der Waals surface area contributed by atoms with Gasteiger partial charge in [0.25, 0.3) is 5.91 Å². The van der Waals surface area contributed by atoms with Crippen molar-refractivity contribution in [1.82, 2.24) is 14.9 Å². The molecule has 140 valence electrons. The number of amides is 1.